The van der Waals surface area contributed by atoms with Gasteiger partial charge in [0, 0.05) is 39.2 Å². The third-order valence-corrected chi connectivity index (χ3v) is 15.4. The van der Waals surface area contributed by atoms with Gasteiger partial charge >= 0.3 is 0 Å². The Balaban J connectivity index is 1.03. The number of benzene rings is 11. The van der Waals surface area contributed by atoms with Crippen LogP contribution in [0.4, 0.5) is 17.1 Å². The molecule has 4 aliphatic rings. The fourth-order valence-electron chi connectivity index (χ4n) is 12.7. The van der Waals surface area contributed by atoms with Gasteiger partial charge in [0.15, 0.2) is 0 Å². The normalized spacial score (nSPS) is 14.3. The highest BCUT2D eigenvalue weighted by Crippen LogP contribution is 2.66. The smallest absolute Gasteiger partial charge is 0.132 e. The number of para-hydroxylation sites is 4. The first kappa shape index (κ1) is 38.2. The SMILES string of the molecule is c1ccc(-c2ccc3cc(N(c4ccc5c(c4)C4(c6ccccc6Oc6ccccc64)c4ccccc4-5)c4cccc5c4-c4ccccc4C54c5ccccc5Oc5ccccc54)ccc3c2)cc1. The summed E-state index contributed by atoms with van der Waals surface area (Å²) in [7, 11) is 0. The number of nitrogens with zero attached hydrogens (tertiary/aromatic N) is 1. The van der Waals surface area contributed by atoms with Crippen molar-refractivity contribution in [1.29, 1.82) is 0 Å². The fourth-order valence-corrected chi connectivity index (χ4v) is 12.7. The van der Waals surface area contributed by atoms with Crippen LogP contribution in [0.5, 0.6) is 23.0 Å². The molecular weight excluding hydrogens is 839 g/mol. The van der Waals surface area contributed by atoms with Crippen molar-refractivity contribution < 1.29 is 9.47 Å². The average Bonchev–Trinajstić information content (AvgIpc) is 3.87. The molecule has 0 radical (unpaired) electrons. The summed E-state index contributed by atoms with van der Waals surface area (Å²) in [5, 5.41) is 2.36. The maximum atomic E-state index is 6.76. The van der Waals surface area contributed by atoms with Gasteiger partial charge < -0.3 is 14.4 Å². The van der Waals surface area contributed by atoms with Gasteiger partial charge in [-0.2, -0.15) is 0 Å². The van der Waals surface area contributed by atoms with Crippen LogP contribution in [0.3, 0.4) is 0 Å². The predicted molar refractivity (Wildman–Crippen MR) is 279 cm³/mol. The standard InChI is InChI=1S/C66H41NO2/c1-2-17-42(18-3-1)43-33-34-45-40-46(36-35-44(45)39-43)67(47-37-38-49-48-19-4-6-21-51(48)66(58(49)41-47)55-25-10-14-31-62(55)69-63-32-15-11-26-56(63)66)59-28-16-27-57-64(59)50-20-5-7-22-52(50)65(57)53-23-8-12-29-60(53)68-61-30-13-9-24-54(61)65/h1-41H. The van der Waals surface area contributed by atoms with Crippen molar-refractivity contribution >= 4 is 27.8 Å². The van der Waals surface area contributed by atoms with E-state index in [1.165, 1.54) is 66.4 Å². The van der Waals surface area contributed by atoms with Gasteiger partial charge in [-0.25, -0.2) is 0 Å². The highest BCUT2D eigenvalue weighted by atomic mass is 16.5. The number of ether oxygens (including phenoxy) is 2. The van der Waals surface area contributed by atoms with Crippen molar-refractivity contribution in [2.45, 2.75) is 10.8 Å². The maximum absolute atomic E-state index is 6.76. The van der Waals surface area contributed by atoms with Crippen molar-refractivity contribution in [3.8, 4) is 56.4 Å². The number of rotatable bonds is 4. The van der Waals surface area contributed by atoms with E-state index in [1.54, 1.807) is 0 Å². The molecule has 0 saturated carbocycles. The van der Waals surface area contributed by atoms with Crippen LogP contribution in [0.2, 0.25) is 0 Å². The molecule has 69 heavy (non-hydrogen) atoms. The molecule has 2 aliphatic carbocycles. The molecule has 322 valence electrons. The summed E-state index contributed by atoms with van der Waals surface area (Å²) in [4.78, 5) is 2.52. The molecule has 0 atom stereocenters. The van der Waals surface area contributed by atoms with E-state index in [0.29, 0.717) is 0 Å². The van der Waals surface area contributed by atoms with Crippen LogP contribution in [0, 0.1) is 0 Å². The molecule has 0 fully saturated rings. The van der Waals surface area contributed by atoms with E-state index in [-0.39, 0.29) is 0 Å². The van der Waals surface area contributed by atoms with Crippen molar-refractivity contribution in [3.63, 3.8) is 0 Å². The predicted octanol–water partition coefficient (Wildman–Crippen LogP) is 16.9. The number of hydrogen-bond acceptors (Lipinski definition) is 3. The van der Waals surface area contributed by atoms with Gasteiger partial charge in [0.25, 0.3) is 0 Å². The molecule has 11 aromatic carbocycles. The Morgan fingerprint density at radius 1 is 0.275 bits per heavy atom. The van der Waals surface area contributed by atoms with Crippen molar-refractivity contribution in [2.24, 2.45) is 0 Å². The minimum absolute atomic E-state index is 0.616. The van der Waals surface area contributed by atoms with E-state index < -0.39 is 10.8 Å². The first-order chi connectivity index (χ1) is 34.2. The highest BCUT2D eigenvalue weighted by Gasteiger charge is 2.53. The highest BCUT2D eigenvalue weighted by molar-refractivity contribution is 6.01. The van der Waals surface area contributed by atoms with E-state index >= 15 is 0 Å². The monoisotopic (exact) mass is 879 g/mol. The second-order valence-corrected chi connectivity index (χ2v) is 18.7. The molecule has 0 amide bonds. The van der Waals surface area contributed by atoms with E-state index in [4.69, 9.17) is 9.47 Å². The van der Waals surface area contributed by atoms with Gasteiger partial charge in [-0.15, -0.1) is 0 Å². The Hall–Kier alpha value is -8.92. The molecule has 0 unspecified atom stereocenters. The molecule has 0 N–H and O–H groups in total. The molecule has 2 heterocycles. The van der Waals surface area contributed by atoms with E-state index in [0.717, 1.165) is 62.3 Å². The zero-order chi connectivity index (χ0) is 45.3. The van der Waals surface area contributed by atoms with Crippen molar-refractivity contribution in [2.75, 3.05) is 4.90 Å². The molecule has 11 aromatic rings. The molecule has 15 rings (SSSR count). The number of anilines is 3. The van der Waals surface area contributed by atoms with Gasteiger partial charge in [0.2, 0.25) is 0 Å². The summed E-state index contributed by atoms with van der Waals surface area (Å²) in [6, 6.07) is 91.0. The lowest BCUT2D eigenvalue weighted by atomic mass is 9.66. The second-order valence-electron chi connectivity index (χ2n) is 18.7. The molecular formula is C66H41NO2. The Bertz CT molecular complexity index is 3850. The number of hydrogen-bond donors (Lipinski definition) is 0. The zero-order valence-electron chi connectivity index (χ0n) is 37.4. The van der Waals surface area contributed by atoms with Gasteiger partial charge in [-0.3, -0.25) is 0 Å². The lowest BCUT2D eigenvalue weighted by molar-refractivity contribution is 0.436. The Labute approximate surface area is 400 Å². The van der Waals surface area contributed by atoms with Crippen LogP contribution in [0.15, 0.2) is 249 Å². The van der Waals surface area contributed by atoms with Gasteiger partial charge in [-0.05, 0) is 122 Å². The van der Waals surface area contributed by atoms with Gasteiger partial charge in [0.1, 0.15) is 23.0 Å². The summed E-state index contributed by atoms with van der Waals surface area (Å²) in [6.07, 6.45) is 0. The summed E-state index contributed by atoms with van der Waals surface area (Å²) in [5.74, 6) is 3.52. The number of fused-ring (bicyclic) bond motifs is 19. The Morgan fingerprint density at radius 2 is 0.725 bits per heavy atom. The largest absolute Gasteiger partial charge is 0.457 e. The van der Waals surface area contributed by atoms with Crippen LogP contribution < -0.4 is 14.4 Å². The first-order valence-corrected chi connectivity index (χ1v) is 23.8. The molecule has 3 heteroatoms. The third kappa shape index (κ3) is 5.11. The minimum Gasteiger partial charge on any atom is -0.457 e. The maximum Gasteiger partial charge on any atom is 0.132 e. The summed E-state index contributed by atoms with van der Waals surface area (Å²) >= 11 is 0. The van der Waals surface area contributed by atoms with Gasteiger partial charge in [-0.1, -0.05) is 188 Å². The lowest BCUT2D eigenvalue weighted by Crippen LogP contribution is -2.32. The summed E-state index contributed by atoms with van der Waals surface area (Å²) < 4.78 is 13.5. The minimum atomic E-state index is -0.624. The van der Waals surface area contributed by atoms with Gasteiger partial charge in [0.05, 0.1) is 16.5 Å². The fraction of sp³-hybridized carbons (Fsp3) is 0.0303. The van der Waals surface area contributed by atoms with E-state index in [1.807, 2.05) is 0 Å². The van der Waals surface area contributed by atoms with Crippen LogP contribution in [-0.2, 0) is 10.8 Å². The molecule has 0 bridgehead atoms. The van der Waals surface area contributed by atoms with E-state index in [9.17, 15) is 0 Å². The quantitative estimate of drug-likeness (QED) is 0.176. The van der Waals surface area contributed by atoms with Crippen molar-refractivity contribution in [3.05, 3.63) is 293 Å². The topological polar surface area (TPSA) is 21.7 Å². The molecule has 3 nitrogen and oxygen atoms in total. The van der Waals surface area contributed by atoms with E-state index in [2.05, 4.69) is 254 Å². The molecule has 0 aromatic heterocycles. The zero-order valence-corrected chi connectivity index (χ0v) is 37.4. The van der Waals surface area contributed by atoms with Crippen molar-refractivity contribution in [1.82, 2.24) is 0 Å². The van der Waals surface area contributed by atoms with Crippen LogP contribution in [0.25, 0.3) is 44.2 Å². The molecule has 2 spiro atoms. The van der Waals surface area contributed by atoms with Crippen LogP contribution >= 0.6 is 0 Å². The second kappa shape index (κ2) is 14.3. The first-order valence-electron chi connectivity index (χ1n) is 23.8. The lowest BCUT2D eigenvalue weighted by Gasteiger charge is -2.40. The summed E-state index contributed by atoms with van der Waals surface area (Å²) in [6.45, 7) is 0. The Kier molecular flexibility index (Phi) is 7.92. The van der Waals surface area contributed by atoms with Crippen LogP contribution in [0.1, 0.15) is 44.5 Å². The molecule has 0 saturated heterocycles. The van der Waals surface area contributed by atoms with Crippen LogP contribution in [-0.4, -0.2) is 0 Å². The molecule has 2 aliphatic heterocycles. The summed E-state index contributed by atoms with van der Waals surface area (Å²) in [5.41, 5.74) is 18.9. The third-order valence-electron chi connectivity index (χ3n) is 15.4. The Morgan fingerprint density at radius 3 is 1.36 bits per heavy atom. The average molecular weight is 880 g/mol.